The highest BCUT2D eigenvalue weighted by Gasteiger charge is 2.41. The maximum absolute atomic E-state index is 12.7. The van der Waals surface area contributed by atoms with Crippen LogP contribution in [0.4, 0.5) is 5.69 Å². The Labute approximate surface area is 174 Å². The van der Waals surface area contributed by atoms with Crippen LogP contribution in [0.15, 0.2) is 54.6 Å². The molecule has 0 radical (unpaired) electrons. The SMILES string of the molecule is CC1CC2CC(C1)CC(C)(CC(=O)Nc1ccc(OCc3ccccc3)cc1)C2. The Kier molecular flexibility index (Phi) is 5.94. The van der Waals surface area contributed by atoms with E-state index in [1.807, 2.05) is 42.5 Å². The van der Waals surface area contributed by atoms with Crippen LogP contribution >= 0.6 is 0 Å². The molecule has 0 saturated heterocycles. The van der Waals surface area contributed by atoms with Gasteiger partial charge in [-0.2, -0.15) is 0 Å². The van der Waals surface area contributed by atoms with Crippen molar-refractivity contribution in [2.75, 3.05) is 5.32 Å². The summed E-state index contributed by atoms with van der Waals surface area (Å²) in [6.07, 6.45) is 7.10. The van der Waals surface area contributed by atoms with Gasteiger partial charge in [0, 0.05) is 12.1 Å². The summed E-state index contributed by atoms with van der Waals surface area (Å²) in [7, 11) is 0. The predicted octanol–water partition coefficient (Wildman–Crippen LogP) is 6.45. The van der Waals surface area contributed by atoms with Crippen molar-refractivity contribution in [1.82, 2.24) is 0 Å². The Balaban J connectivity index is 1.28. The molecule has 2 aromatic rings. The first-order chi connectivity index (χ1) is 14.0. The average molecular weight is 392 g/mol. The van der Waals surface area contributed by atoms with Gasteiger partial charge in [0.15, 0.2) is 0 Å². The quantitative estimate of drug-likeness (QED) is 0.615. The summed E-state index contributed by atoms with van der Waals surface area (Å²) in [4.78, 5) is 12.7. The third-order valence-electron chi connectivity index (χ3n) is 6.67. The number of hydrogen-bond donors (Lipinski definition) is 1. The van der Waals surface area contributed by atoms with Gasteiger partial charge in [0.25, 0.3) is 0 Å². The van der Waals surface area contributed by atoms with Crippen molar-refractivity contribution in [2.45, 2.75) is 59.0 Å². The lowest BCUT2D eigenvalue weighted by Crippen LogP contribution is -2.38. The molecule has 1 N–H and O–H groups in total. The Hall–Kier alpha value is -2.29. The molecule has 3 nitrogen and oxygen atoms in total. The smallest absolute Gasteiger partial charge is 0.224 e. The summed E-state index contributed by atoms with van der Waals surface area (Å²) in [6, 6.07) is 17.8. The fourth-order valence-electron chi connectivity index (χ4n) is 5.82. The fourth-order valence-corrected chi connectivity index (χ4v) is 5.82. The molecule has 1 amide bonds. The molecule has 2 saturated carbocycles. The first-order valence-corrected chi connectivity index (χ1v) is 11.0. The summed E-state index contributed by atoms with van der Waals surface area (Å²) >= 11 is 0. The van der Waals surface area contributed by atoms with Gasteiger partial charge in [0.05, 0.1) is 0 Å². The second-order valence-electron chi connectivity index (χ2n) is 9.79. The van der Waals surface area contributed by atoms with E-state index in [9.17, 15) is 4.79 Å². The highest BCUT2D eigenvalue weighted by atomic mass is 16.5. The minimum absolute atomic E-state index is 0.137. The molecule has 2 bridgehead atoms. The zero-order valence-electron chi connectivity index (χ0n) is 17.7. The van der Waals surface area contributed by atoms with Gasteiger partial charge in [-0.05, 0) is 85.1 Å². The number of ether oxygens (including phenoxy) is 1. The minimum atomic E-state index is 0.137. The van der Waals surface area contributed by atoms with Crippen LogP contribution in [0.1, 0.15) is 57.9 Å². The molecule has 2 atom stereocenters. The monoisotopic (exact) mass is 391 g/mol. The molecular weight excluding hydrogens is 358 g/mol. The standard InChI is InChI=1S/C26H33NO2/c1-19-12-21-14-22(13-19)16-26(2,15-21)17-25(28)27-23-8-10-24(11-9-23)29-18-20-6-4-3-5-7-20/h3-11,19,21-22H,12-18H2,1-2H3,(H,27,28). The summed E-state index contributed by atoms with van der Waals surface area (Å²) in [5.74, 6) is 3.44. The van der Waals surface area contributed by atoms with Gasteiger partial charge in [0.2, 0.25) is 5.91 Å². The first-order valence-electron chi connectivity index (χ1n) is 11.0. The number of rotatable bonds is 6. The molecule has 2 fully saturated rings. The van der Waals surface area contributed by atoms with Crippen LogP contribution in [0.2, 0.25) is 0 Å². The second kappa shape index (κ2) is 8.61. The highest BCUT2D eigenvalue weighted by molar-refractivity contribution is 5.91. The van der Waals surface area contributed by atoms with Crippen molar-refractivity contribution in [3.05, 3.63) is 60.2 Å². The molecule has 2 unspecified atom stereocenters. The maximum Gasteiger partial charge on any atom is 0.224 e. The maximum atomic E-state index is 12.7. The van der Waals surface area contributed by atoms with Crippen molar-refractivity contribution < 1.29 is 9.53 Å². The molecule has 0 spiro atoms. The fraction of sp³-hybridized carbons (Fsp3) is 0.500. The molecule has 0 heterocycles. The van der Waals surface area contributed by atoms with Gasteiger partial charge >= 0.3 is 0 Å². The van der Waals surface area contributed by atoms with E-state index in [-0.39, 0.29) is 11.3 Å². The zero-order valence-corrected chi connectivity index (χ0v) is 17.7. The second-order valence-corrected chi connectivity index (χ2v) is 9.79. The largest absolute Gasteiger partial charge is 0.489 e. The van der Waals surface area contributed by atoms with Gasteiger partial charge < -0.3 is 10.1 Å². The number of nitrogens with one attached hydrogen (secondary N) is 1. The normalized spacial score (nSPS) is 28.6. The van der Waals surface area contributed by atoms with Crippen molar-refractivity contribution in [1.29, 1.82) is 0 Å². The number of hydrogen-bond acceptors (Lipinski definition) is 2. The first kappa shape index (κ1) is 20.0. The van der Waals surface area contributed by atoms with Crippen molar-refractivity contribution >= 4 is 11.6 Å². The molecule has 29 heavy (non-hydrogen) atoms. The van der Waals surface area contributed by atoms with E-state index >= 15 is 0 Å². The summed E-state index contributed by atoms with van der Waals surface area (Å²) in [6.45, 7) is 5.26. The van der Waals surface area contributed by atoms with Crippen molar-refractivity contribution in [2.24, 2.45) is 23.2 Å². The van der Waals surface area contributed by atoms with Gasteiger partial charge in [-0.25, -0.2) is 0 Å². The molecule has 2 aliphatic carbocycles. The van der Waals surface area contributed by atoms with E-state index in [4.69, 9.17) is 4.74 Å². The number of carbonyl (C=O) groups is 1. The van der Waals surface area contributed by atoms with E-state index in [2.05, 4.69) is 31.3 Å². The van der Waals surface area contributed by atoms with Crippen molar-refractivity contribution in [3.63, 3.8) is 0 Å². The molecule has 0 aliphatic heterocycles. The van der Waals surface area contributed by atoms with Gasteiger partial charge in [-0.3, -0.25) is 4.79 Å². The highest BCUT2D eigenvalue weighted by Crippen LogP contribution is 2.51. The van der Waals surface area contributed by atoms with E-state index in [1.165, 1.54) is 32.1 Å². The van der Waals surface area contributed by atoms with E-state index in [1.54, 1.807) is 0 Å². The molecule has 0 aromatic heterocycles. The molecule has 2 aromatic carbocycles. The Morgan fingerprint density at radius 2 is 1.66 bits per heavy atom. The summed E-state index contributed by atoms with van der Waals surface area (Å²) in [5, 5.41) is 3.10. The molecule has 154 valence electrons. The third-order valence-corrected chi connectivity index (χ3v) is 6.67. The topological polar surface area (TPSA) is 38.3 Å². The number of benzene rings is 2. The predicted molar refractivity (Wildman–Crippen MR) is 118 cm³/mol. The molecule has 4 rings (SSSR count). The van der Waals surface area contributed by atoms with E-state index < -0.39 is 0 Å². The molecule has 3 heteroatoms. The third kappa shape index (κ3) is 5.41. The average Bonchev–Trinajstić information content (AvgIpc) is 2.66. The van der Waals surface area contributed by atoms with Gasteiger partial charge in [-0.1, -0.05) is 44.2 Å². The lowest BCUT2D eigenvalue weighted by atomic mass is 9.58. The van der Waals surface area contributed by atoms with Crippen LogP contribution in [-0.2, 0) is 11.4 Å². The number of fused-ring (bicyclic) bond motifs is 2. The van der Waals surface area contributed by atoms with Crippen LogP contribution in [-0.4, -0.2) is 5.91 Å². The minimum Gasteiger partial charge on any atom is -0.489 e. The summed E-state index contributed by atoms with van der Waals surface area (Å²) in [5.41, 5.74) is 2.14. The van der Waals surface area contributed by atoms with E-state index in [0.29, 0.717) is 13.0 Å². The Morgan fingerprint density at radius 1 is 1.00 bits per heavy atom. The lowest BCUT2D eigenvalue weighted by Gasteiger charge is -2.47. The van der Waals surface area contributed by atoms with Gasteiger partial charge in [0.1, 0.15) is 12.4 Å². The van der Waals surface area contributed by atoms with Crippen LogP contribution in [0.25, 0.3) is 0 Å². The Morgan fingerprint density at radius 3 is 2.31 bits per heavy atom. The number of anilines is 1. The number of carbonyl (C=O) groups excluding carboxylic acids is 1. The summed E-state index contributed by atoms with van der Waals surface area (Å²) < 4.78 is 5.83. The van der Waals surface area contributed by atoms with Crippen LogP contribution in [0, 0.1) is 23.2 Å². The van der Waals surface area contributed by atoms with Crippen LogP contribution in [0.3, 0.4) is 0 Å². The zero-order chi connectivity index (χ0) is 20.3. The van der Waals surface area contributed by atoms with Gasteiger partial charge in [-0.15, -0.1) is 0 Å². The Bertz CT molecular complexity index is 796. The van der Waals surface area contributed by atoms with E-state index in [0.717, 1.165) is 34.8 Å². The lowest BCUT2D eigenvalue weighted by molar-refractivity contribution is -0.119. The molecular formula is C26H33NO2. The van der Waals surface area contributed by atoms with Crippen LogP contribution in [0.5, 0.6) is 5.75 Å². The van der Waals surface area contributed by atoms with Crippen molar-refractivity contribution in [3.8, 4) is 5.75 Å². The van der Waals surface area contributed by atoms with Crippen LogP contribution < -0.4 is 10.1 Å². The number of amides is 1. The molecule has 2 aliphatic rings.